The van der Waals surface area contributed by atoms with Crippen molar-refractivity contribution in [1.29, 1.82) is 0 Å². The first kappa shape index (κ1) is 21.8. The van der Waals surface area contributed by atoms with Crippen LogP contribution in [0, 0.1) is 13.8 Å². The third kappa shape index (κ3) is 6.04. The molecule has 0 fully saturated rings. The molecule has 1 aromatic carbocycles. The van der Waals surface area contributed by atoms with Crippen LogP contribution >= 0.6 is 22.7 Å². The topological polar surface area (TPSA) is 138 Å². The van der Waals surface area contributed by atoms with E-state index in [1.807, 2.05) is 11.6 Å². The molecule has 0 radical (unpaired) electrons. The Morgan fingerprint density at radius 2 is 1.62 bits per heavy atom. The second-order valence-electron chi connectivity index (χ2n) is 6.15. The lowest BCUT2D eigenvalue weighted by atomic mass is 10.0. The number of hydrogen-bond donors (Lipinski definition) is 3. The summed E-state index contributed by atoms with van der Waals surface area (Å²) < 4.78 is 60.7. The van der Waals surface area contributed by atoms with Crippen molar-refractivity contribution in [3.8, 4) is 0 Å². The number of aryl methyl sites for hydroxylation is 2. The van der Waals surface area contributed by atoms with Crippen molar-refractivity contribution in [3.63, 3.8) is 0 Å². The number of rotatable bonds is 8. The maximum atomic E-state index is 12.7. The molecule has 2 aromatic heterocycles. The zero-order valence-electron chi connectivity index (χ0n) is 15.4. The molecule has 13 heteroatoms. The van der Waals surface area contributed by atoms with Crippen LogP contribution in [0.15, 0.2) is 40.1 Å². The van der Waals surface area contributed by atoms with Crippen LogP contribution < -0.4 is 9.44 Å². The second-order valence-corrected chi connectivity index (χ2v) is 11.1. The van der Waals surface area contributed by atoms with E-state index in [-0.39, 0.29) is 17.1 Å². The molecule has 0 aliphatic heterocycles. The van der Waals surface area contributed by atoms with Gasteiger partial charge in [-0.15, -0.1) is 22.7 Å². The lowest BCUT2D eigenvalue weighted by molar-refractivity contribution is 0.489. The monoisotopic (exact) mass is 474 g/mol. The summed E-state index contributed by atoms with van der Waals surface area (Å²) in [5.74, 6) is 0. The first-order chi connectivity index (χ1) is 13.5. The number of nitrogens with zero attached hydrogens (tertiary/aromatic N) is 2. The highest BCUT2D eigenvalue weighted by Gasteiger charge is 2.25. The summed E-state index contributed by atoms with van der Waals surface area (Å²) in [4.78, 5) is 8.45. The van der Waals surface area contributed by atoms with Crippen molar-refractivity contribution in [2.75, 3.05) is 4.72 Å². The Balaban J connectivity index is 1.85. The molecule has 9 nitrogen and oxygen atoms in total. The minimum Gasteiger partial charge on any atom is -0.269 e. The van der Waals surface area contributed by atoms with Gasteiger partial charge in [0.05, 0.1) is 27.4 Å². The van der Waals surface area contributed by atoms with Crippen LogP contribution in [0.5, 0.6) is 0 Å². The lowest BCUT2D eigenvalue weighted by Crippen LogP contribution is -2.30. The van der Waals surface area contributed by atoms with Gasteiger partial charge in [-0.3, -0.25) is 9.27 Å². The molecule has 2 heterocycles. The van der Waals surface area contributed by atoms with E-state index in [0.717, 1.165) is 10.6 Å². The summed E-state index contributed by atoms with van der Waals surface area (Å²) in [5.41, 5.74) is 1.53. The predicted molar refractivity (Wildman–Crippen MR) is 112 cm³/mol. The molecule has 0 spiro atoms. The first-order valence-corrected chi connectivity index (χ1v) is 12.9. The molecule has 0 amide bonds. The minimum absolute atomic E-state index is 0.0374. The smallest absolute Gasteiger partial charge is 0.269 e. The SMILES string of the molecule is Cc1nc(C(Cc2ccc(NS(=O)(=O)O)cc2)NS(=O)(=O)c2csc(C)n2)cs1. The largest absolute Gasteiger partial charge is 0.357 e. The Bertz CT molecular complexity index is 1200. The van der Waals surface area contributed by atoms with Crippen molar-refractivity contribution in [1.82, 2.24) is 14.7 Å². The average Bonchev–Trinajstić information content (AvgIpc) is 3.23. The van der Waals surface area contributed by atoms with Crippen LogP contribution in [0.1, 0.15) is 27.3 Å². The van der Waals surface area contributed by atoms with Gasteiger partial charge in [-0.25, -0.2) is 23.1 Å². The van der Waals surface area contributed by atoms with Crippen molar-refractivity contribution in [3.05, 3.63) is 56.3 Å². The summed E-state index contributed by atoms with van der Waals surface area (Å²) in [6.45, 7) is 3.56. The maximum Gasteiger partial charge on any atom is 0.357 e. The Kier molecular flexibility index (Phi) is 6.36. The maximum absolute atomic E-state index is 12.7. The van der Waals surface area contributed by atoms with Gasteiger partial charge in [0.2, 0.25) is 0 Å². The lowest BCUT2D eigenvalue weighted by Gasteiger charge is -2.17. The van der Waals surface area contributed by atoms with Crippen LogP contribution in [-0.2, 0) is 26.7 Å². The van der Waals surface area contributed by atoms with Gasteiger partial charge in [0.15, 0.2) is 5.03 Å². The van der Waals surface area contributed by atoms with E-state index in [9.17, 15) is 16.8 Å². The van der Waals surface area contributed by atoms with E-state index in [1.54, 1.807) is 24.4 Å². The van der Waals surface area contributed by atoms with Crippen LogP contribution in [0.4, 0.5) is 5.69 Å². The van der Waals surface area contributed by atoms with Crippen LogP contribution in [0.2, 0.25) is 0 Å². The Hall–Kier alpha value is -1.90. The first-order valence-electron chi connectivity index (χ1n) is 8.22. The second kappa shape index (κ2) is 8.45. The van der Waals surface area contributed by atoms with Gasteiger partial charge in [0, 0.05) is 10.8 Å². The number of nitrogens with one attached hydrogen (secondary N) is 2. The number of aromatic nitrogens is 2. The number of benzene rings is 1. The van der Waals surface area contributed by atoms with E-state index < -0.39 is 26.4 Å². The standard InChI is InChI=1S/C16H18N4O5S4/c1-10-17-15(8-26-10)14(20-28(21,22)16-9-27-11(2)18-16)7-12-3-5-13(6-4-12)19-29(23,24)25/h3-6,8-9,14,19-20H,7H2,1-2H3,(H,23,24,25). The summed E-state index contributed by atoms with van der Waals surface area (Å²) in [6, 6.07) is 5.60. The fraction of sp³-hybridized carbons (Fsp3) is 0.250. The fourth-order valence-electron chi connectivity index (χ4n) is 2.55. The third-order valence-corrected chi connectivity index (χ3v) is 7.37. The summed E-state index contributed by atoms with van der Waals surface area (Å²) in [5, 5.41) is 4.69. The van der Waals surface area contributed by atoms with Gasteiger partial charge in [0.25, 0.3) is 10.0 Å². The molecule has 1 unspecified atom stereocenters. The van der Waals surface area contributed by atoms with Crippen molar-refractivity contribution >= 4 is 48.7 Å². The Morgan fingerprint density at radius 3 is 2.14 bits per heavy atom. The highest BCUT2D eigenvalue weighted by atomic mass is 32.2. The van der Waals surface area contributed by atoms with E-state index in [1.165, 1.54) is 40.2 Å². The molecule has 1 atom stereocenters. The van der Waals surface area contributed by atoms with Crippen LogP contribution in [0.3, 0.4) is 0 Å². The summed E-state index contributed by atoms with van der Waals surface area (Å²) in [7, 11) is -8.20. The van der Waals surface area contributed by atoms with Gasteiger partial charge < -0.3 is 0 Å². The van der Waals surface area contributed by atoms with Crippen molar-refractivity contribution in [2.24, 2.45) is 0 Å². The molecule has 0 saturated carbocycles. The van der Waals surface area contributed by atoms with Gasteiger partial charge in [-0.1, -0.05) is 12.1 Å². The predicted octanol–water partition coefficient (Wildman–Crippen LogP) is 2.69. The molecule has 29 heavy (non-hydrogen) atoms. The molecule has 0 aliphatic carbocycles. The number of sulfonamides is 1. The molecular formula is C16H18N4O5S4. The molecule has 0 bridgehead atoms. The third-order valence-electron chi connectivity index (χ3n) is 3.81. The highest BCUT2D eigenvalue weighted by molar-refractivity contribution is 7.89. The van der Waals surface area contributed by atoms with Gasteiger partial charge in [-0.2, -0.15) is 8.42 Å². The molecule has 3 rings (SSSR count). The van der Waals surface area contributed by atoms with E-state index in [2.05, 4.69) is 14.7 Å². The van der Waals surface area contributed by atoms with Gasteiger partial charge in [0.1, 0.15) is 0 Å². The molecule has 3 N–H and O–H groups in total. The normalized spacial score (nSPS) is 13.3. The molecule has 0 aliphatic rings. The zero-order valence-corrected chi connectivity index (χ0v) is 18.6. The quantitative estimate of drug-likeness (QED) is 0.427. The average molecular weight is 475 g/mol. The molecule has 0 saturated heterocycles. The van der Waals surface area contributed by atoms with E-state index in [0.29, 0.717) is 10.7 Å². The highest BCUT2D eigenvalue weighted by Crippen LogP contribution is 2.24. The fourth-order valence-corrected chi connectivity index (χ4v) is 5.80. The minimum atomic E-state index is -4.36. The van der Waals surface area contributed by atoms with Crippen LogP contribution in [-0.4, -0.2) is 31.4 Å². The van der Waals surface area contributed by atoms with Gasteiger partial charge >= 0.3 is 10.3 Å². The zero-order chi connectivity index (χ0) is 21.2. The summed E-state index contributed by atoms with van der Waals surface area (Å²) in [6.07, 6.45) is 0.289. The number of thiazole rings is 2. The Labute approximate surface area is 176 Å². The van der Waals surface area contributed by atoms with E-state index >= 15 is 0 Å². The number of hydrogen-bond acceptors (Lipinski definition) is 8. The van der Waals surface area contributed by atoms with Crippen LogP contribution in [0.25, 0.3) is 0 Å². The molecule has 3 aromatic rings. The Morgan fingerprint density at radius 1 is 1.00 bits per heavy atom. The van der Waals surface area contributed by atoms with Gasteiger partial charge in [-0.05, 0) is 38.0 Å². The van der Waals surface area contributed by atoms with E-state index in [4.69, 9.17) is 4.55 Å². The number of anilines is 1. The van der Waals surface area contributed by atoms with Crippen molar-refractivity contribution < 1.29 is 21.4 Å². The molecule has 156 valence electrons. The summed E-state index contributed by atoms with van der Waals surface area (Å²) >= 11 is 2.66. The van der Waals surface area contributed by atoms with Crippen molar-refractivity contribution in [2.45, 2.75) is 31.3 Å². The molecular weight excluding hydrogens is 456 g/mol.